The van der Waals surface area contributed by atoms with Gasteiger partial charge in [0.1, 0.15) is 11.6 Å². The normalized spacial score (nSPS) is 18.5. The monoisotopic (exact) mass is 384 g/mol. The first kappa shape index (κ1) is 19.2. The summed E-state index contributed by atoms with van der Waals surface area (Å²) < 4.78 is 13.2. The lowest BCUT2D eigenvalue weighted by molar-refractivity contribution is -0.140. The molecule has 0 bridgehead atoms. The predicted octanol–water partition coefficient (Wildman–Crippen LogP) is 2.51. The molecule has 0 radical (unpaired) electrons. The third kappa shape index (κ3) is 3.75. The molecule has 1 saturated heterocycles. The van der Waals surface area contributed by atoms with Gasteiger partial charge in [0.2, 0.25) is 0 Å². The van der Waals surface area contributed by atoms with Crippen molar-refractivity contribution in [3.05, 3.63) is 71.3 Å². The zero-order valence-electron chi connectivity index (χ0n) is 14.7. The first-order chi connectivity index (χ1) is 13.4. The molecule has 8 heteroatoms. The number of rotatable bonds is 6. The number of Topliss-reactive ketones (excluding diaryl/α,β-unsaturated/α-hetero) is 1. The molecule has 3 rings (SSSR count). The smallest absolute Gasteiger partial charge is 0.303 e. The Morgan fingerprint density at radius 1 is 1.14 bits per heavy atom. The van der Waals surface area contributed by atoms with E-state index in [0.717, 1.165) is 12.1 Å². The molecule has 144 valence electrons. The van der Waals surface area contributed by atoms with Gasteiger partial charge in [0, 0.05) is 30.9 Å². The van der Waals surface area contributed by atoms with Crippen molar-refractivity contribution in [2.75, 3.05) is 6.54 Å². The molecule has 1 fully saturated rings. The van der Waals surface area contributed by atoms with E-state index in [1.54, 1.807) is 12.1 Å². The van der Waals surface area contributed by atoms with Crippen LogP contribution in [0.1, 0.15) is 30.0 Å². The van der Waals surface area contributed by atoms with Crippen LogP contribution < -0.4 is 0 Å². The van der Waals surface area contributed by atoms with E-state index in [0.29, 0.717) is 5.56 Å². The number of benzene rings is 1. The summed E-state index contributed by atoms with van der Waals surface area (Å²) in [5.41, 5.74) is 0.555. The minimum atomic E-state index is -1.01. The summed E-state index contributed by atoms with van der Waals surface area (Å²) >= 11 is 0. The summed E-state index contributed by atoms with van der Waals surface area (Å²) in [5, 5.41) is 19.5. The van der Waals surface area contributed by atoms with Gasteiger partial charge in [-0.2, -0.15) is 0 Å². The second kappa shape index (κ2) is 7.99. The number of carbonyl (C=O) groups excluding carboxylic acids is 2. The lowest BCUT2D eigenvalue weighted by Gasteiger charge is -2.24. The Hall–Kier alpha value is -3.55. The van der Waals surface area contributed by atoms with Gasteiger partial charge in [0.05, 0.1) is 11.6 Å². The van der Waals surface area contributed by atoms with E-state index in [9.17, 15) is 23.9 Å². The van der Waals surface area contributed by atoms with Gasteiger partial charge < -0.3 is 15.1 Å². The fourth-order valence-corrected chi connectivity index (χ4v) is 3.16. The van der Waals surface area contributed by atoms with Crippen molar-refractivity contribution < 1.29 is 29.0 Å². The van der Waals surface area contributed by atoms with Gasteiger partial charge in [0.15, 0.2) is 0 Å². The number of nitrogens with zero attached hydrogens (tertiary/aromatic N) is 2. The first-order valence-corrected chi connectivity index (χ1v) is 8.56. The van der Waals surface area contributed by atoms with E-state index in [1.165, 1.54) is 29.4 Å². The average Bonchev–Trinajstić information content (AvgIpc) is 2.93. The molecule has 2 aromatic rings. The van der Waals surface area contributed by atoms with E-state index >= 15 is 0 Å². The number of carboxylic acid groups (broad SMARTS) is 1. The third-order valence-corrected chi connectivity index (χ3v) is 4.45. The molecule has 1 atom stereocenters. The number of likely N-dealkylation sites (tertiary alicyclic amines) is 1. The van der Waals surface area contributed by atoms with Crippen LogP contribution in [0.25, 0.3) is 5.76 Å². The summed E-state index contributed by atoms with van der Waals surface area (Å²) in [6.45, 7) is 0.0244. The second-order valence-electron chi connectivity index (χ2n) is 6.28. The van der Waals surface area contributed by atoms with Crippen molar-refractivity contribution in [2.24, 2.45) is 0 Å². The van der Waals surface area contributed by atoms with Crippen molar-refractivity contribution in [3.8, 4) is 0 Å². The van der Waals surface area contributed by atoms with E-state index in [2.05, 4.69) is 4.98 Å². The number of aliphatic carboxylic acids is 1. The van der Waals surface area contributed by atoms with Crippen molar-refractivity contribution in [3.63, 3.8) is 0 Å². The van der Waals surface area contributed by atoms with Crippen LogP contribution in [0.5, 0.6) is 0 Å². The number of aliphatic hydroxyl groups excluding tert-OH is 1. The first-order valence-electron chi connectivity index (χ1n) is 8.56. The second-order valence-corrected chi connectivity index (χ2v) is 6.28. The summed E-state index contributed by atoms with van der Waals surface area (Å²) in [7, 11) is 0. The highest BCUT2D eigenvalue weighted by Gasteiger charge is 2.45. The van der Waals surface area contributed by atoms with Crippen molar-refractivity contribution >= 4 is 23.4 Å². The number of carbonyl (C=O) groups is 3. The molecular weight excluding hydrogens is 367 g/mol. The molecule has 0 saturated carbocycles. The quantitative estimate of drug-likeness (QED) is 0.450. The SMILES string of the molecule is O=C(O)CCCN1C(=O)C(=O)C(=C(O)c2ccc(F)cc2)[C@@H]1c1cccnc1. The van der Waals surface area contributed by atoms with Gasteiger partial charge in [-0.05, 0) is 42.3 Å². The van der Waals surface area contributed by atoms with E-state index in [-0.39, 0.29) is 30.5 Å². The number of ketones is 1. The van der Waals surface area contributed by atoms with Gasteiger partial charge in [-0.3, -0.25) is 19.4 Å². The Morgan fingerprint density at radius 3 is 2.46 bits per heavy atom. The highest BCUT2D eigenvalue weighted by atomic mass is 19.1. The fraction of sp³-hybridized carbons (Fsp3) is 0.200. The van der Waals surface area contributed by atoms with Crippen LogP contribution >= 0.6 is 0 Å². The Morgan fingerprint density at radius 2 is 1.86 bits per heavy atom. The molecule has 0 unspecified atom stereocenters. The number of carboxylic acids is 1. The van der Waals surface area contributed by atoms with Gasteiger partial charge in [-0.1, -0.05) is 6.07 Å². The molecule has 28 heavy (non-hydrogen) atoms. The van der Waals surface area contributed by atoms with Crippen molar-refractivity contribution in [1.82, 2.24) is 9.88 Å². The van der Waals surface area contributed by atoms with Crippen LogP contribution in [0.15, 0.2) is 54.4 Å². The third-order valence-electron chi connectivity index (χ3n) is 4.45. The highest BCUT2D eigenvalue weighted by Crippen LogP contribution is 2.39. The maximum absolute atomic E-state index is 13.2. The summed E-state index contributed by atoms with van der Waals surface area (Å²) in [5.74, 6) is -3.66. The summed E-state index contributed by atoms with van der Waals surface area (Å²) in [6.07, 6.45) is 2.98. The van der Waals surface area contributed by atoms with Crippen LogP contribution in [0, 0.1) is 5.82 Å². The standard InChI is InChI=1S/C20H17FN2O5/c21-14-7-5-12(6-8-14)18(26)16-17(13-3-1-9-22-11-13)23(20(28)19(16)27)10-2-4-15(24)25/h1,3,5-9,11,17,26H,2,4,10H2,(H,24,25)/t17-/m0/s1. The molecule has 2 N–H and O–H groups in total. The lowest BCUT2D eigenvalue weighted by Crippen LogP contribution is -2.31. The van der Waals surface area contributed by atoms with E-state index in [4.69, 9.17) is 5.11 Å². The molecule has 1 aromatic carbocycles. The molecule has 0 aliphatic carbocycles. The number of amides is 1. The zero-order valence-corrected chi connectivity index (χ0v) is 14.7. The van der Waals surface area contributed by atoms with Crippen LogP contribution in [0.2, 0.25) is 0 Å². The van der Waals surface area contributed by atoms with Crippen molar-refractivity contribution in [1.29, 1.82) is 0 Å². The predicted molar refractivity (Wildman–Crippen MR) is 96.5 cm³/mol. The highest BCUT2D eigenvalue weighted by molar-refractivity contribution is 6.46. The fourth-order valence-electron chi connectivity index (χ4n) is 3.16. The number of pyridine rings is 1. The molecule has 1 aromatic heterocycles. The largest absolute Gasteiger partial charge is 0.507 e. The topological polar surface area (TPSA) is 108 Å². The Kier molecular flexibility index (Phi) is 5.49. The van der Waals surface area contributed by atoms with Crippen LogP contribution in [-0.2, 0) is 14.4 Å². The molecule has 1 aliphatic heterocycles. The molecule has 1 aliphatic rings. The van der Waals surface area contributed by atoms with Crippen LogP contribution in [0.3, 0.4) is 0 Å². The van der Waals surface area contributed by atoms with Crippen molar-refractivity contribution in [2.45, 2.75) is 18.9 Å². The molecule has 7 nitrogen and oxygen atoms in total. The average molecular weight is 384 g/mol. The Balaban J connectivity index is 2.07. The Labute approximate surface area is 159 Å². The minimum absolute atomic E-state index is 0.0244. The van der Waals surface area contributed by atoms with Gasteiger partial charge in [0.25, 0.3) is 11.7 Å². The van der Waals surface area contributed by atoms with Crippen LogP contribution in [-0.4, -0.2) is 44.3 Å². The maximum atomic E-state index is 13.2. The Bertz CT molecular complexity index is 941. The molecule has 0 spiro atoms. The maximum Gasteiger partial charge on any atom is 0.303 e. The number of hydrogen-bond donors (Lipinski definition) is 2. The zero-order chi connectivity index (χ0) is 20.3. The van der Waals surface area contributed by atoms with Gasteiger partial charge in [-0.15, -0.1) is 0 Å². The van der Waals surface area contributed by atoms with Gasteiger partial charge in [-0.25, -0.2) is 4.39 Å². The minimum Gasteiger partial charge on any atom is -0.507 e. The van der Waals surface area contributed by atoms with E-state index < -0.39 is 35.3 Å². The molecular formula is C20H17FN2O5. The molecule has 1 amide bonds. The summed E-state index contributed by atoms with van der Waals surface area (Å²) in [6, 6.07) is 7.27. The van der Waals surface area contributed by atoms with E-state index in [1.807, 2.05) is 0 Å². The molecule has 2 heterocycles. The number of aliphatic hydroxyl groups is 1. The number of halogens is 1. The number of hydrogen-bond acceptors (Lipinski definition) is 5. The van der Waals surface area contributed by atoms with Gasteiger partial charge >= 0.3 is 5.97 Å². The van der Waals surface area contributed by atoms with Crippen LogP contribution in [0.4, 0.5) is 4.39 Å². The number of aromatic nitrogens is 1. The lowest BCUT2D eigenvalue weighted by atomic mass is 9.96. The summed E-state index contributed by atoms with van der Waals surface area (Å²) in [4.78, 5) is 41.3.